The maximum absolute atomic E-state index is 12.2. The van der Waals surface area contributed by atoms with Crippen LogP contribution in [0.15, 0.2) is 35.7 Å². The second-order valence-electron chi connectivity index (χ2n) is 7.38. The quantitative estimate of drug-likeness (QED) is 0.787. The number of benzene rings is 1. The van der Waals surface area contributed by atoms with Crippen LogP contribution in [0, 0.1) is 18.3 Å². The van der Waals surface area contributed by atoms with Crippen LogP contribution in [-0.4, -0.2) is 40.5 Å². The lowest BCUT2D eigenvalue weighted by Gasteiger charge is -2.43. The number of aryl methyl sites for hydroxylation is 1. The molecule has 156 valence electrons. The third-order valence-corrected chi connectivity index (χ3v) is 5.97. The van der Waals surface area contributed by atoms with Crippen molar-refractivity contribution in [2.24, 2.45) is 5.73 Å². The second kappa shape index (κ2) is 7.58. The maximum Gasteiger partial charge on any atom is 0.409 e. The number of allylic oxidation sites excluding steroid dienone is 1. The molecule has 3 heterocycles. The normalized spacial score (nSPS) is 17.3. The van der Waals surface area contributed by atoms with E-state index in [4.69, 9.17) is 26.8 Å². The van der Waals surface area contributed by atoms with Crippen molar-refractivity contribution in [1.29, 1.82) is 5.26 Å². The summed E-state index contributed by atoms with van der Waals surface area (Å²) >= 11 is 6.16. The minimum absolute atomic E-state index is 0.0674. The number of nitrogens with zero attached hydrogens (tertiary/aromatic N) is 4. The van der Waals surface area contributed by atoms with Gasteiger partial charge in [0.15, 0.2) is 0 Å². The molecule has 1 amide bonds. The fraction of sp³-hybridized carbons (Fsp3) is 0.381. The summed E-state index contributed by atoms with van der Waals surface area (Å²) in [5.41, 5.74) is 8.22. The van der Waals surface area contributed by atoms with Gasteiger partial charge in [0.05, 0.1) is 18.0 Å². The van der Waals surface area contributed by atoms with Crippen LogP contribution in [0.5, 0.6) is 5.88 Å². The lowest BCUT2D eigenvalue weighted by Crippen LogP contribution is -2.48. The zero-order valence-electron chi connectivity index (χ0n) is 16.8. The van der Waals surface area contributed by atoms with Gasteiger partial charge < -0.3 is 20.1 Å². The number of nitrogens with two attached hydrogens (primary N) is 1. The highest BCUT2D eigenvalue weighted by atomic mass is 35.5. The summed E-state index contributed by atoms with van der Waals surface area (Å²) in [6, 6.07) is 9.52. The molecule has 4 rings (SSSR count). The van der Waals surface area contributed by atoms with Gasteiger partial charge in [0, 0.05) is 29.1 Å². The van der Waals surface area contributed by atoms with E-state index in [1.165, 1.54) is 0 Å². The number of fused-ring (bicyclic) bond motifs is 2. The van der Waals surface area contributed by atoms with E-state index in [-0.39, 0.29) is 12.0 Å². The minimum Gasteiger partial charge on any atom is -0.450 e. The van der Waals surface area contributed by atoms with E-state index in [2.05, 4.69) is 11.2 Å². The molecule has 0 atom stereocenters. The molecule has 0 saturated carbocycles. The molecule has 1 aromatic carbocycles. The number of likely N-dealkylation sites (tertiary alicyclic amines) is 1. The zero-order chi connectivity index (χ0) is 21.5. The Morgan fingerprint density at radius 3 is 2.80 bits per heavy atom. The number of piperidine rings is 1. The van der Waals surface area contributed by atoms with Gasteiger partial charge in [-0.25, -0.2) is 9.48 Å². The first-order chi connectivity index (χ1) is 14.4. The van der Waals surface area contributed by atoms with Gasteiger partial charge >= 0.3 is 6.09 Å². The van der Waals surface area contributed by atoms with Crippen LogP contribution in [0.1, 0.15) is 31.0 Å². The van der Waals surface area contributed by atoms with E-state index in [1.54, 1.807) is 28.6 Å². The fourth-order valence-corrected chi connectivity index (χ4v) is 4.58. The molecule has 0 bridgehead atoms. The van der Waals surface area contributed by atoms with E-state index < -0.39 is 5.41 Å². The number of hydrogen-bond donors (Lipinski definition) is 1. The minimum atomic E-state index is -0.670. The molecule has 2 aliphatic heterocycles. The second-order valence-corrected chi connectivity index (χ2v) is 7.81. The summed E-state index contributed by atoms with van der Waals surface area (Å²) in [6.45, 7) is 4.87. The highest BCUT2D eigenvalue weighted by Gasteiger charge is 2.50. The first-order valence-electron chi connectivity index (χ1n) is 9.77. The number of halogens is 1. The Balaban J connectivity index is 1.80. The van der Waals surface area contributed by atoms with Crippen LogP contribution in [-0.2, 0) is 10.2 Å². The van der Waals surface area contributed by atoms with Crippen molar-refractivity contribution in [2.45, 2.75) is 32.1 Å². The zero-order valence-corrected chi connectivity index (χ0v) is 17.6. The van der Waals surface area contributed by atoms with Gasteiger partial charge in [-0.05, 0) is 44.9 Å². The highest BCUT2D eigenvalue weighted by Crippen LogP contribution is 2.51. The van der Waals surface area contributed by atoms with Crippen molar-refractivity contribution in [2.75, 3.05) is 19.7 Å². The Bertz CT molecular complexity index is 1080. The summed E-state index contributed by atoms with van der Waals surface area (Å²) in [5.74, 6) is 0.550. The molecule has 1 saturated heterocycles. The topological polar surface area (TPSA) is 106 Å². The number of nitriles is 1. The Labute approximate surface area is 179 Å². The standard InChI is InChI=1S/C21H22ClN5O3/c1-3-29-20(28)26-9-7-21(8-10-26)16(12-23)18(24)30-19-17(21)13(2)25-27(19)15-6-4-5-14(22)11-15/h4-6,11H,3,7-10,24H2,1-2H3. The molecule has 2 N–H and O–H groups in total. The lowest BCUT2D eigenvalue weighted by atomic mass is 9.67. The summed E-state index contributed by atoms with van der Waals surface area (Å²) in [7, 11) is 0. The van der Waals surface area contributed by atoms with Gasteiger partial charge in [0.1, 0.15) is 11.6 Å². The molecule has 9 heteroatoms. The van der Waals surface area contributed by atoms with E-state index in [1.807, 2.05) is 19.1 Å². The Kier molecular flexibility index (Phi) is 5.08. The SMILES string of the molecule is CCOC(=O)N1CCC2(CC1)C(C#N)=C(N)Oc1c2c(C)nn1-c1cccc(Cl)c1. The molecule has 1 aromatic heterocycles. The highest BCUT2D eigenvalue weighted by molar-refractivity contribution is 6.30. The molecule has 1 fully saturated rings. The molecule has 8 nitrogen and oxygen atoms in total. The number of hydrogen-bond acceptors (Lipinski definition) is 6. The van der Waals surface area contributed by atoms with Crippen LogP contribution >= 0.6 is 11.6 Å². The number of carbonyl (C=O) groups is 1. The lowest BCUT2D eigenvalue weighted by molar-refractivity contribution is 0.0892. The average molecular weight is 428 g/mol. The first-order valence-corrected chi connectivity index (χ1v) is 10.1. The van der Waals surface area contributed by atoms with Crippen LogP contribution in [0.2, 0.25) is 5.02 Å². The van der Waals surface area contributed by atoms with Crippen molar-refractivity contribution in [3.63, 3.8) is 0 Å². The van der Waals surface area contributed by atoms with Gasteiger partial charge in [0.2, 0.25) is 11.8 Å². The summed E-state index contributed by atoms with van der Waals surface area (Å²) in [5, 5.41) is 15.1. The fourth-order valence-electron chi connectivity index (χ4n) is 4.40. The number of ether oxygens (including phenoxy) is 2. The van der Waals surface area contributed by atoms with Crippen LogP contribution < -0.4 is 10.5 Å². The third kappa shape index (κ3) is 3.06. The monoisotopic (exact) mass is 427 g/mol. The van der Waals surface area contributed by atoms with Crippen molar-refractivity contribution >= 4 is 17.7 Å². The summed E-state index contributed by atoms with van der Waals surface area (Å²) in [6.07, 6.45) is 0.697. The van der Waals surface area contributed by atoms with E-state index in [0.29, 0.717) is 49.0 Å². The molecular weight excluding hydrogens is 406 g/mol. The molecule has 30 heavy (non-hydrogen) atoms. The molecule has 0 unspecified atom stereocenters. The van der Waals surface area contributed by atoms with Crippen LogP contribution in [0.25, 0.3) is 5.69 Å². The van der Waals surface area contributed by atoms with Crippen molar-refractivity contribution < 1.29 is 14.3 Å². The number of rotatable bonds is 2. The summed E-state index contributed by atoms with van der Waals surface area (Å²) < 4.78 is 12.7. The van der Waals surface area contributed by atoms with Crippen molar-refractivity contribution in [1.82, 2.24) is 14.7 Å². The maximum atomic E-state index is 12.2. The van der Waals surface area contributed by atoms with Crippen LogP contribution in [0.4, 0.5) is 4.79 Å². The number of amides is 1. The predicted molar refractivity (Wildman–Crippen MR) is 110 cm³/mol. The number of carbonyl (C=O) groups excluding carboxylic acids is 1. The Hall–Kier alpha value is -3.18. The predicted octanol–water partition coefficient (Wildman–Crippen LogP) is 3.41. The molecule has 2 aromatic rings. The number of aromatic nitrogens is 2. The van der Waals surface area contributed by atoms with Gasteiger partial charge in [0.25, 0.3) is 0 Å². The summed E-state index contributed by atoms with van der Waals surface area (Å²) in [4.78, 5) is 13.8. The average Bonchev–Trinajstić information content (AvgIpc) is 3.05. The van der Waals surface area contributed by atoms with E-state index in [0.717, 1.165) is 16.9 Å². The molecular formula is C21H22ClN5O3. The largest absolute Gasteiger partial charge is 0.450 e. The van der Waals surface area contributed by atoms with Crippen LogP contribution in [0.3, 0.4) is 0 Å². The van der Waals surface area contributed by atoms with Gasteiger partial charge in [-0.2, -0.15) is 10.4 Å². The van der Waals surface area contributed by atoms with Crippen molar-refractivity contribution in [3.05, 3.63) is 52.0 Å². The molecule has 0 radical (unpaired) electrons. The third-order valence-electron chi connectivity index (χ3n) is 5.74. The molecule has 2 aliphatic rings. The van der Waals surface area contributed by atoms with Gasteiger partial charge in [-0.1, -0.05) is 17.7 Å². The molecule has 1 spiro atoms. The Morgan fingerprint density at radius 2 is 2.17 bits per heavy atom. The van der Waals surface area contributed by atoms with E-state index >= 15 is 0 Å². The van der Waals surface area contributed by atoms with Gasteiger partial charge in [-0.3, -0.25) is 0 Å². The Morgan fingerprint density at radius 1 is 1.43 bits per heavy atom. The van der Waals surface area contributed by atoms with E-state index in [9.17, 15) is 10.1 Å². The van der Waals surface area contributed by atoms with Gasteiger partial charge in [-0.15, -0.1) is 0 Å². The smallest absolute Gasteiger partial charge is 0.409 e. The van der Waals surface area contributed by atoms with Crippen molar-refractivity contribution in [3.8, 4) is 17.6 Å². The first kappa shape index (κ1) is 20.1. The molecule has 0 aliphatic carbocycles.